The van der Waals surface area contributed by atoms with E-state index >= 15 is 0 Å². The zero-order valence-electron chi connectivity index (χ0n) is 17.5. The number of hydrogen-bond acceptors (Lipinski definition) is 5. The van der Waals surface area contributed by atoms with Crippen LogP contribution in [-0.2, 0) is 11.3 Å². The fraction of sp³-hybridized carbons (Fsp3) is 0.261. The number of anilines is 1. The lowest BCUT2D eigenvalue weighted by molar-refractivity contribution is -0.120. The van der Waals surface area contributed by atoms with Crippen LogP contribution in [0.2, 0.25) is 0 Å². The number of hydrogen-bond donors (Lipinski definition) is 0. The SMILES string of the molecule is Cc1ccccc1OCC(=O)N(CCCn1ccnc1)c1nc2c(C)cccc2s1.Cl. The molecule has 0 aliphatic heterocycles. The maximum Gasteiger partial charge on any atom is 0.266 e. The summed E-state index contributed by atoms with van der Waals surface area (Å²) in [7, 11) is 0. The summed E-state index contributed by atoms with van der Waals surface area (Å²) in [4.78, 5) is 23.7. The maximum absolute atomic E-state index is 13.1. The van der Waals surface area contributed by atoms with Crippen LogP contribution in [0.5, 0.6) is 5.75 Å². The molecule has 2 aromatic carbocycles. The van der Waals surface area contributed by atoms with Crippen molar-refractivity contribution in [2.75, 3.05) is 18.1 Å². The minimum Gasteiger partial charge on any atom is -0.483 e. The first-order valence-corrected chi connectivity index (χ1v) is 10.7. The van der Waals surface area contributed by atoms with E-state index in [4.69, 9.17) is 9.72 Å². The van der Waals surface area contributed by atoms with E-state index in [-0.39, 0.29) is 24.9 Å². The Bertz CT molecular complexity index is 1140. The van der Waals surface area contributed by atoms with E-state index < -0.39 is 0 Å². The van der Waals surface area contributed by atoms with Crippen LogP contribution in [0, 0.1) is 13.8 Å². The van der Waals surface area contributed by atoms with Crippen molar-refractivity contribution in [3.63, 3.8) is 0 Å². The molecule has 6 nitrogen and oxygen atoms in total. The van der Waals surface area contributed by atoms with Gasteiger partial charge in [0.05, 0.1) is 16.5 Å². The number of thiazole rings is 1. The van der Waals surface area contributed by atoms with Crippen molar-refractivity contribution < 1.29 is 9.53 Å². The second-order valence-electron chi connectivity index (χ2n) is 7.17. The second-order valence-corrected chi connectivity index (χ2v) is 8.18. The molecule has 162 valence electrons. The van der Waals surface area contributed by atoms with Gasteiger partial charge in [0.25, 0.3) is 5.91 Å². The number of fused-ring (bicyclic) bond motifs is 1. The van der Waals surface area contributed by atoms with Gasteiger partial charge in [0.1, 0.15) is 5.75 Å². The molecular weight excluding hydrogens is 432 g/mol. The third-order valence-corrected chi connectivity index (χ3v) is 5.99. The zero-order chi connectivity index (χ0) is 20.9. The van der Waals surface area contributed by atoms with Crippen molar-refractivity contribution in [1.82, 2.24) is 14.5 Å². The molecule has 1 amide bonds. The molecule has 0 N–H and O–H groups in total. The van der Waals surface area contributed by atoms with Gasteiger partial charge in [0, 0.05) is 25.5 Å². The summed E-state index contributed by atoms with van der Waals surface area (Å²) >= 11 is 1.54. The normalized spacial score (nSPS) is 10.6. The summed E-state index contributed by atoms with van der Waals surface area (Å²) in [5.74, 6) is 0.630. The van der Waals surface area contributed by atoms with Gasteiger partial charge in [-0.15, -0.1) is 12.4 Å². The highest BCUT2D eigenvalue weighted by molar-refractivity contribution is 7.22. The van der Waals surface area contributed by atoms with Gasteiger partial charge in [-0.2, -0.15) is 0 Å². The molecule has 8 heteroatoms. The number of nitrogens with zero attached hydrogens (tertiary/aromatic N) is 4. The number of halogens is 1. The molecule has 0 radical (unpaired) electrons. The number of benzene rings is 2. The van der Waals surface area contributed by atoms with Crippen LogP contribution < -0.4 is 9.64 Å². The number of imidazole rings is 1. The number of amides is 1. The zero-order valence-corrected chi connectivity index (χ0v) is 19.2. The van der Waals surface area contributed by atoms with Crippen LogP contribution in [0.1, 0.15) is 17.5 Å². The molecule has 0 bridgehead atoms. The Balaban J connectivity index is 0.00000272. The number of para-hydroxylation sites is 2. The van der Waals surface area contributed by atoms with Gasteiger partial charge in [0.15, 0.2) is 11.7 Å². The van der Waals surface area contributed by atoms with Crippen LogP contribution in [0.15, 0.2) is 61.2 Å². The van der Waals surface area contributed by atoms with Gasteiger partial charge in [-0.3, -0.25) is 9.69 Å². The van der Waals surface area contributed by atoms with Crippen molar-refractivity contribution in [1.29, 1.82) is 0 Å². The highest BCUT2D eigenvalue weighted by Gasteiger charge is 2.21. The molecule has 2 heterocycles. The predicted octanol–water partition coefficient (Wildman–Crippen LogP) is 5.03. The molecule has 4 aromatic rings. The monoisotopic (exact) mass is 456 g/mol. The van der Waals surface area contributed by atoms with Crippen molar-refractivity contribution in [2.24, 2.45) is 0 Å². The summed E-state index contributed by atoms with van der Waals surface area (Å²) in [5.41, 5.74) is 3.06. The van der Waals surface area contributed by atoms with Gasteiger partial charge in [0.2, 0.25) is 0 Å². The van der Waals surface area contributed by atoms with E-state index in [0.29, 0.717) is 11.7 Å². The molecule has 0 saturated carbocycles. The van der Waals surface area contributed by atoms with E-state index in [9.17, 15) is 4.79 Å². The molecule has 0 atom stereocenters. The molecule has 0 spiro atoms. The van der Waals surface area contributed by atoms with E-state index in [0.717, 1.165) is 40.1 Å². The summed E-state index contributed by atoms with van der Waals surface area (Å²) < 4.78 is 8.91. The highest BCUT2D eigenvalue weighted by atomic mass is 35.5. The summed E-state index contributed by atoms with van der Waals surface area (Å²) in [6, 6.07) is 13.8. The third kappa shape index (κ3) is 5.42. The van der Waals surface area contributed by atoms with Crippen molar-refractivity contribution in [3.05, 3.63) is 72.3 Å². The number of aromatic nitrogens is 3. The minimum atomic E-state index is -0.0967. The van der Waals surface area contributed by atoms with Crippen molar-refractivity contribution in [3.8, 4) is 5.75 Å². The Labute approximate surface area is 191 Å². The standard InChI is InChI=1S/C23H24N4O2S.ClH/c1-17-7-3-4-9-19(17)29-15-21(28)27(13-6-12-26-14-11-24-16-26)23-25-22-18(2)8-5-10-20(22)30-23;/h3-5,7-11,14,16H,6,12-13,15H2,1-2H3;1H. The molecule has 0 aliphatic carbocycles. The highest BCUT2D eigenvalue weighted by Crippen LogP contribution is 2.31. The summed E-state index contributed by atoms with van der Waals surface area (Å²) in [5, 5.41) is 0.711. The molecule has 0 aliphatic rings. The lowest BCUT2D eigenvalue weighted by Gasteiger charge is -2.20. The average Bonchev–Trinajstić information content (AvgIpc) is 3.41. The number of carbonyl (C=O) groups is 1. The van der Waals surface area contributed by atoms with Crippen LogP contribution >= 0.6 is 23.7 Å². The van der Waals surface area contributed by atoms with Crippen molar-refractivity contribution >= 4 is 45.0 Å². The van der Waals surface area contributed by atoms with Crippen molar-refractivity contribution in [2.45, 2.75) is 26.8 Å². The van der Waals surface area contributed by atoms with Gasteiger partial charge < -0.3 is 9.30 Å². The molecule has 2 aromatic heterocycles. The summed E-state index contributed by atoms with van der Waals surface area (Å²) in [6.45, 7) is 5.33. The fourth-order valence-electron chi connectivity index (χ4n) is 3.28. The predicted molar refractivity (Wildman–Crippen MR) is 127 cm³/mol. The number of carbonyl (C=O) groups excluding carboxylic acids is 1. The second kappa shape index (κ2) is 10.4. The molecule has 0 saturated heterocycles. The molecule has 31 heavy (non-hydrogen) atoms. The lowest BCUT2D eigenvalue weighted by Crippen LogP contribution is -2.36. The Kier molecular flexibility index (Phi) is 7.65. The van der Waals surface area contributed by atoms with E-state index in [2.05, 4.69) is 4.98 Å². The van der Waals surface area contributed by atoms with Crippen LogP contribution in [0.3, 0.4) is 0 Å². The molecule has 0 unspecified atom stereocenters. The Morgan fingerprint density at radius 2 is 1.94 bits per heavy atom. The average molecular weight is 457 g/mol. The molecule has 0 fully saturated rings. The van der Waals surface area contributed by atoms with Crippen LogP contribution in [0.4, 0.5) is 5.13 Å². The first-order valence-electron chi connectivity index (χ1n) is 9.92. The first kappa shape index (κ1) is 22.8. The van der Waals surface area contributed by atoms with E-state index in [1.807, 2.05) is 67.1 Å². The lowest BCUT2D eigenvalue weighted by atomic mass is 10.2. The Morgan fingerprint density at radius 3 is 2.68 bits per heavy atom. The van der Waals surface area contributed by atoms with Gasteiger partial charge in [-0.05, 0) is 43.5 Å². The van der Waals surface area contributed by atoms with Gasteiger partial charge in [-0.1, -0.05) is 41.7 Å². The molecular formula is C23H25ClN4O2S. The fourth-order valence-corrected chi connectivity index (χ4v) is 4.37. The Hall–Kier alpha value is -2.90. The molecule has 4 rings (SSSR count). The van der Waals surface area contributed by atoms with E-state index in [1.54, 1.807) is 17.4 Å². The first-order chi connectivity index (χ1) is 14.6. The third-order valence-electron chi connectivity index (χ3n) is 4.94. The van der Waals surface area contributed by atoms with Crippen LogP contribution in [0.25, 0.3) is 10.2 Å². The number of rotatable bonds is 8. The largest absolute Gasteiger partial charge is 0.483 e. The van der Waals surface area contributed by atoms with Gasteiger partial charge >= 0.3 is 0 Å². The van der Waals surface area contributed by atoms with E-state index in [1.165, 1.54) is 11.3 Å². The number of aryl methyl sites for hydroxylation is 3. The topological polar surface area (TPSA) is 60.2 Å². The Morgan fingerprint density at radius 1 is 1.13 bits per heavy atom. The quantitative estimate of drug-likeness (QED) is 0.373. The van der Waals surface area contributed by atoms with Gasteiger partial charge in [-0.25, -0.2) is 9.97 Å². The maximum atomic E-state index is 13.1. The summed E-state index contributed by atoms with van der Waals surface area (Å²) in [6.07, 6.45) is 6.26. The number of ether oxygens (including phenoxy) is 1. The van der Waals surface area contributed by atoms with Crippen LogP contribution in [-0.4, -0.2) is 33.6 Å². The smallest absolute Gasteiger partial charge is 0.266 e. The minimum absolute atomic E-state index is 0.